The van der Waals surface area contributed by atoms with Gasteiger partial charge in [-0.1, -0.05) is 6.42 Å². The first kappa shape index (κ1) is 18.2. The molecule has 1 aromatic heterocycles. The number of furan rings is 1. The maximum atomic E-state index is 5.73. The Morgan fingerprint density at radius 1 is 1.15 bits per heavy atom. The Labute approximate surface area is 160 Å². The van der Waals surface area contributed by atoms with E-state index in [9.17, 15) is 0 Å². The summed E-state index contributed by atoms with van der Waals surface area (Å²) in [6, 6.07) is 8.36. The molecule has 0 amide bonds. The molecule has 0 aliphatic carbocycles. The molecule has 2 aliphatic rings. The number of methoxy groups -OCH3 is 1. The van der Waals surface area contributed by atoms with Crippen LogP contribution >= 0.6 is 0 Å². The number of ether oxygens (including phenoxy) is 3. The number of rotatable bonds is 7. The molecule has 27 heavy (non-hydrogen) atoms. The predicted octanol–water partition coefficient (Wildman–Crippen LogP) is 3.38. The summed E-state index contributed by atoms with van der Waals surface area (Å²) in [4.78, 5) is 2.53. The van der Waals surface area contributed by atoms with Crippen LogP contribution in [0.1, 0.15) is 36.6 Å². The van der Waals surface area contributed by atoms with Crippen molar-refractivity contribution in [2.75, 3.05) is 40.0 Å². The van der Waals surface area contributed by atoms with Crippen LogP contribution in [-0.4, -0.2) is 44.9 Å². The lowest BCUT2D eigenvalue weighted by Crippen LogP contribution is -2.38. The zero-order valence-corrected chi connectivity index (χ0v) is 15.9. The monoisotopic (exact) mass is 372 g/mol. The van der Waals surface area contributed by atoms with Crippen LogP contribution < -0.4 is 19.5 Å². The van der Waals surface area contributed by atoms with Crippen LogP contribution in [0.4, 0.5) is 0 Å². The summed E-state index contributed by atoms with van der Waals surface area (Å²) in [6.45, 7) is 4.96. The topological polar surface area (TPSA) is 56.1 Å². The fourth-order valence-corrected chi connectivity index (χ4v) is 3.90. The molecule has 0 unspecified atom stereocenters. The molecule has 4 rings (SSSR count). The van der Waals surface area contributed by atoms with E-state index in [0.717, 1.165) is 49.0 Å². The maximum Gasteiger partial charge on any atom is 0.203 e. The SMILES string of the molecule is COc1cc(CNC[C@H](c2ccco2)N2CCCCC2)cc2c1OCCO2. The summed E-state index contributed by atoms with van der Waals surface area (Å²) in [7, 11) is 1.66. The highest BCUT2D eigenvalue weighted by molar-refractivity contribution is 5.54. The number of fused-ring (bicyclic) bond motifs is 1. The second-order valence-corrected chi connectivity index (χ2v) is 7.08. The fraction of sp³-hybridized carbons (Fsp3) is 0.524. The number of likely N-dealkylation sites (tertiary alicyclic amines) is 1. The highest BCUT2D eigenvalue weighted by Crippen LogP contribution is 2.40. The van der Waals surface area contributed by atoms with Gasteiger partial charge in [-0.2, -0.15) is 0 Å². The molecule has 2 aromatic rings. The minimum Gasteiger partial charge on any atom is -0.493 e. The van der Waals surface area contributed by atoms with E-state index >= 15 is 0 Å². The Morgan fingerprint density at radius 2 is 2.00 bits per heavy atom. The Balaban J connectivity index is 1.43. The third-order valence-electron chi connectivity index (χ3n) is 5.26. The van der Waals surface area contributed by atoms with Crippen LogP contribution in [0.15, 0.2) is 34.9 Å². The molecule has 1 aromatic carbocycles. The van der Waals surface area contributed by atoms with Crippen molar-refractivity contribution < 1.29 is 18.6 Å². The van der Waals surface area contributed by atoms with Gasteiger partial charge < -0.3 is 23.9 Å². The third-order valence-corrected chi connectivity index (χ3v) is 5.26. The minimum atomic E-state index is 0.263. The maximum absolute atomic E-state index is 5.73. The van der Waals surface area contributed by atoms with Gasteiger partial charge in [0.15, 0.2) is 11.5 Å². The van der Waals surface area contributed by atoms with Gasteiger partial charge in [0.2, 0.25) is 5.75 Å². The van der Waals surface area contributed by atoms with E-state index in [0.29, 0.717) is 19.0 Å². The zero-order chi connectivity index (χ0) is 18.5. The van der Waals surface area contributed by atoms with Gasteiger partial charge in [0, 0.05) is 13.1 Å². The van der Waals surface area contributed by atoms with Gasteiger partial charge in [0.05, 0.1) is 19.4 Å². The molecule has 3 heterocycles. The fourth-order valence-electron chi connectivity index (χ4n) is 3.90. The first-order valence-electron chi connectivity index (χ1n) is 9.80. The number of nitrogens with one attached hydrogen (secondary N) is 1. The van der Waals surface area contributed by atoms with E-state index in [-0.39, 0.29) is 6.04 Å². The lowest BCUT2D eigenvalue weighted by atomic mass is 10.1. The van der Waals surface area contributed by atoms with Crippen LogP contribution in [0.2, 0.25) is 0 Å². The Hall–Kier alpha value is -2.18. The number of nitrogens with zero attached hydrogens (tertiary/aromatic N) is 1. The van der Waals surface area contributed by atoms with Crippen LogP contribution in [-0.2, 0) is 6.54 Å². The van der Waals surface area contributed by atoms with Crippen LogP contribution in [0, 0.1) is 0 Å². The molecule has 1 atom stereocenters. The van der Waals surface area contributed by atoms with Crippen molar-refractivity contribution in [2.24, 2.45) is 0 Å². The van der Waals surface area contributed by atoms with Gasteiger partial charge in [-0.3, -0.25) is 4.90 Å². The van der Waals surface area contributed by atoms with Crippen LogP contribution in [0.25, 0.3) is 0 Å². The molecular weight excluding hydrogens is 344 g/mol. The smallest absolute Gasteiger partial charge is 0.203 e. The summed E-state index contributed by atoms with van der Waals surface area (Å²) < 4.78 is 22.6. The molecule has 0 bridgehead atoms. The third kappa shape index (κ3) is 4.22. The second kappa shape index (κ2) is 8.67. The van der Waals surface area contributed by atoms with Crippen molar-refractivity contribution in [3.8, 4) is 17.2 Å². The van der Waals surface area contributed by atoms with Gasteiger partial charge in [-0.15, -0.1) is 0 Å². The largest absolute Gasteiger partial charge is 0.493 e. The van der Waals surface area contributed by atoms with Gasteiger partial charge in [0.25, 0.3) is 0 Å². The van der Waals surface area contributed by atoms with Crippen molar-refractivity contribution in [3.05, 3.63) is 41.9 Å². The Kier molecular flexibility index (Phi) is 5.84. The van der Waals surface area contributed by atoms with Gasteiger partial charge >= 0.3 is 0 Å². The van der Waals surface area contributed by atoms with Crippen molar-refractivity contribution >= 4 is 0 Å². The Morgan fingerprint density at radius 3 is 2.78 bits per heavy atom. The number of hydrogen-bond acceptors (Lipinski definition) is 6. The van der Waals surface area contributed by atoms with Gasteiger partial charge in [-0.25, -0.2) is 0 Å². The molecule has 6 heteroatoms. The van der Waals surface area contributed by atoms with Crippen molar-refractivity contribution in [3.63, 3.8) is 0 Å². The molecule has 6 nitrogen and oxygen atoms in total. The number of hydrogen-bond donors (Lipinski definition) is 1. The van der Waals surface area contributed by atoms with Gasteiger partial charge in [0.1, 0.15) is 19.0 Å². The standard InChI is InChI=1S/C21H28N2O4/c1-24-19-12-16(13-20-21(19)27-11-10-26-20)14-22-15-17(18-6-5-9-25-18)23-7-3-2-4-8-23/h5-6,9,12-13,17,22H,2-4,7-8,10-11,14-15H2,1H3/t17-/m1/s1. The van der Waals surface area contributed by atoms with Gasteiger partial charge in [-0.05, 0) is 55.8 Å². The first-order chi connectivity index (χ1) is 13.3. The minimum absolute atomic E-state index is 0.263. The summed E-state index contributed by atoms with van der Waals surface area (Å²) in [5.74, 6) is 3.22. The molecule has 2 aliphatic heterocycles. The van der Waals surface area contributed by atoms with E-state index in [1.165, 1.54) is 19.3 Å². The predicted molar refractivity (Wildman–Crippen MR) is 103 cm³/mol. The molecule has 1 fully saturated rings. The van der Waals surface area contributed by atoms with E-state index in [2.05, 4.69) is 16.3 Å². The quantitative estimate of drug-likeness (QED) is 0.804. The summed E-state index contributed by atoms with van der Waals surface area (Å²) in [5.41, 5.74) is 1.12. The zero-order valence-electron chi connectivity index (χ0n) is 15.9. The summed E-state index contributed by atoms with van der Waals surface area (Å²) in [5, 5.41) is 3.59. The molecular formula is C21H28N2O4. The molecule has 146 valence electrons. The average molecular weight is 372 g/mol. The molecule has 1 saturated heterocycles. The van der Waals surface area contributed by atoms with Crippen LogP contribution in [0.5, 0.6) is 17.2 Å². The van der Waals surface area contributed by atoms with Crippen molar-refractivity contribution in [1.29, 1.82) is 0 Å². The lowest BCUT2D eigenvalue weighted by Gasteiger charge is -2.33. The number of benzene rings is 1. The molecule has 0 saturated carbocycles. The van der Waals surface area contributed by atoms with E-state index in [1.54, 1.807) is 13.4 Å². The highest BCUT2D eigenvalue weighted by Gasteiger charge is 2.24. The Bertz CT molecular complexity index is 709. The summed E-state index contributed by atoms with van der Waals surface area (Å²) in [6.07, 6.45) is 5.61. The number of piperidine rings is 1. The van der Waals surface area contributed by atoms with E-state index in [4.69, 9.17) is 18.6 Å². The first-order valence-corrected chi connectivity index (χ1v) is 9.80. The van der Waals surface area contributed by atoms with Crippen molar-refractivity contribution in [1.82, 2.24) is 10.2 Å². The molecule has 1 N–H and O–H groups in total. The normalized spacial score (nSPS) is 18.3. The molecule has 0 spiro atoms. The van der Waals surface area contributed by atoms with E-state index < -0.39 is 0 Å². The van der Waals surface area contributed by atoms with E-state index in [1.807, 2.05) is 18.2 Å². The second-order valence-electron chi connectivity index (χ2n) is 7.08. The van der Waals surface area contributed by atoms with Crippen LogP contribution in [0.3, 0.4) is 0 Å². The average Bonchev–Trinajstić information content (AvgIpc) is 3.25. The highest BCUT2D eigenvalue weighted by atomic mass is 16.6. The summed E-state index contributed by atoms with van der Waals surface area (Å²) >= 11 is 0. The molecule has 0 radical (unpaired) electrons. The lowest BCUT2D eigenvalue weighted by molar-refractivity contribution is 0.142. The van der Waals surface area contributed by atoms with Crippen molar-refractivity contribution in [2.45, 2.75) is 31.8 Å².